The van der Waals surface area contributed by atoms with Crippen LogP contribution in [-0.2, 0) is 9.53 Å². The number of methoxy groups -OCH3 is 1. The van der Waals surface area contributed by atoms with E-state index in [9.17, 15) is 4.79 Å². The lowest BCUT2D eigenvalue weighted by molar-refractivity contribution is -0.114. The van der Waals surface area contributed by atoms with Gasteiger partial charge in [0, 0.05) is 38.9 Å². The van der Waals surface area contributed by atoms with Crippen molar-refractivity contribution in [3.63, 3.8) is 0 Å². The van der Waals surface area contributed by atoms with Gasteiger partial charge in [0.2, 0.25) is 11.9 Å². The fourth-order valence-electron chi connectivity index (χ4n) is 2.31. The van der Waals surface area contributed by atoms with Crippen LogP contribution in [0.4, 0.5) is 11.1 Å². The van der Waals surface area contributed by atoms with Gasteiger partial charge in [0.05, 0.1) is 15.9 Å². The molecule has 0 radical (unpaired) electrons. The standard InChI is InChI=1S/C17H19N5O2S/c1-11(23)20-17-22-14-5-4-12(10-15(14)25-17)13-6-8-19-16(21-13)18-7-3-9-24-2/h4-6,8,10H,3,7,9H2,1-2H3,(H,18,19,21)(H,20,22,23). The van der Waals surface area contributed by atoms with Gasteiger partial charge in [-0.3, -0.25) is 4.79 Å². The summed E-state index contributed by atoms with van der Waals surface area (Å²) in [6.07, 6.45) is 2.63. The summed E-state index contributed by atoms with van der Waals surface area (Å²) in [5.41, 5.74) is 2.66. The van der Waals surface area contributed by atoms with E-state index in [0.29, 0.717) is 17.7 Å². The van der Waals surface area contributed by atoms with Gasteiger partial charge in [-0.05, 0) is 24.6 Å². The second-order valence-electron chi connectivity index (χ2n) is 5.42. The van der Waals surface area contributed by atoms with Crippen LogP contribution in [0.3, 0.4) is 0 Å². The molecule has 0 bridgehead atoms. The number of nitrogens with one attached hydrogen (secondary N) is 2. The maximum atomic E-state index is 11.2. The van der Waals surface area contributed by atoms with E-state index in [4.69, 9.17) is 4.74 Å². The maximum Gasteiger partial charge on any atom is 0.223 e. The molecule has 2 aromatic heterocycles. The fourth-order valence-corrected chi connectivity index (χ4v) is 3.26. The number of aromatic nitrogens is 3. The molecule has 8 heteroatoms. The number of hydrogen-bond donors (Lipinski definition) is 2. The van der Waals surface area contributed by atoms with Crippen LogP contribution in [0.1, 0.15) is 13.3 Å². The zero-order valence-electron chi connectivity index (χ0n) is 14.1. The normalized spacial score (nSPS) is 10.8. The van der Waals surface area contributed by atoms with E-state index >= 15 is 0 Å². The number of carbonyl (C=O) groups excluding carboxylic acids is 1. The summed E-state index contributed by atoms with van der Waals surface area (Å²) >= 11 is 1.44. The average molecular weight is 357 g/mol. The molecule has 0 spiro atoms. The van der Waals surface area contributed by atoms with Gasteiger partial charge in [-0.15, -0.1) is 0 Å². The van der Waals surface area contributed by atoms with Crippen LogP contribution < -0.4 is 10.6 Å². The van der Waals surface area contributed by atoms with Crippen molar-refractivity contribution in [3.8, 4) is 11.3 Å². The highest BCUT2D eigenvalue weighted by atomic mass is 32.1. The van der Waals surface area contributed by atoms with Gasteiger partial charge in [-0.25, -0.2) is 15.0 Å². The van der Waals surface area contributed by atoms with E-state index in [1.54, 1.807) is 13.3 Å². The van der Waals surface area contributed by atoms with Gasteiger partial charge >= 0.3 is 0 Å². The number of hydrogen-bond acceptors (Lipinski definition) is 7. The molecule has 130 valence electrons. The molecule has 0 saturated carbocycles. The molecule has 0 atom stereocenters. The molecule has 0 saturated heterocycles. The third kappa shape index (κ3) is 4.49. The van der Waals surface area contributed by atoms with Crippen LogP contribution in [0.5, 0.6) is 0 Å². The van der Waals surface area contributed by atoms with Gasteiger partial charge in [0.25, 0.3) is 0 Å². The Labute approximate surface area is 149 Å². The van der Waals surface area contributed by atoms with E-state index in [1.807, 2.05) is 24.3 Å². The lowest BCUT2D eigenvalue weighted by atomic mass is 10.1. The number of benzene rings is 1. The van der Waals surface area contributed by atoms with E-state index in [2.05, 4.69) is 25.6 Å². The maximum absolute atomic E-state index is 11.2. The van der Waals surface area contributed by atoms with Crippen molar-refractivity contribution in [1.29, 1.82) is 0 Å². The quantitative estimate of drug-likeness (QED) is 0.632. The van der Waals surface area contributed by atoms with Gasteiger partial charge in [0.1, 0.15) is 0 Å². The molecule has 0 unspecified atom stereocenters. The summed E-state index contributed by atoms with van der Waals surface area (Å²) in [6, 6.07) is 7.80. The third-order valence-electron chi connectivity index (χ3n) is 3.43. The smallest absolute Gasteiger partial charge is 0.223 e. The summed E-state index contributed by atoms with van der Waals surface area (Å²) in [4.78, 5) is 24.4. The highest BCUT2D eigenvalue weighted by molar-refractivity contribution is 7.22. The highest BCUT2D eigenvalue weighted by Gasteiger charge is 2.08. The molecular formula is C17H19N5O2S. The van der Waals surface area contributed by atoms with Gasteiger partial charge < -0.3 is 15.4 Å². The summed E-state index contributed by atoms with van der Waals surface area (Å²) in [5, 5.41) is 6.51. The number of carbonyl (C=O) groups is 1. The van der Waals surface area contributed by atoms with Crippen LogP contribution in [0.25, 0.3) is 21.5 Å². The molecule has 0 fully saturated rings. The zero-order valence-corrected chi connectivity index (χ0v) is 14.9. The molecule has 0 aliphatic carbocycles. The molecule has 3 rings (SSSR count). The predicted octanol–water partition coefficient (Wildman–Crippen LogP) is 3.16. The number of rotatable bonds is 7. The van der Waals surface area contributed by atoms with Crippen LogP contribution in [0.2, 0.25) is 0 Å². The Bertz CT molecular complexity index is 880. The first-order chi connectivity index (χ1) is 12.2. The van der Waals surface area contributed by atoms with E-state index in [0.717, 1.165) is 34.4 Å². The number of ether oxygens (including phenoxy) is 1. The minimum absolute atomic E-state index is 0.126. The van der Waals surface area contributed by atoms with Crippen LogP contribution >= 0.6 is 11.3 Å². The topological polar surface area (TPSA) is 89.0 Å². The highest BCUT2D eigenvalue weighted by Crippen LogP contribution is 2.30. The zero-order chi connectivity index (χ0) is 17.6. The molecule has 1 amide bonds. The second-order valence-corrected chi connectivity index (χ2v) is 6.45. The van der Waals surface area contributed by atoms with Crippen LogP contribution in [0, 0.1) is 0 Å². The van der Waals surface area contributed by atoms with E-state index in [1.165, 1.54) is 18.3 Å². The molecule has 25 heavy (non-hydrogen) atoms. The van der Waals surface area contributed by atoms with Gasteiger partial charge in [0.15, 0.2) is 5.13 Å². The Hall–Kier alpha value is -2.58. The number of anilines is 2. The largest absolute Gasteiger partial charge is 0.385 e. The molecule has 1 aromatic carbocycles. The molecular weight excluding hydrogens is 338 g/mol. The summed E-state index contributed by atoms with van der Waals surface area (Å²) in [6.45, 7) is 2.93. The molecule has 0 aliphatic rings. The van der Waals surface area contributed by atoms with Crippen molar-refractivity contribution in [2.24, 2.45) is 0 Å². The SMILES string of the molecule is COCCCNc1nccc(-c2ccc3nc(NC(C)=O)sc3c2)n1. The van der Waals surface area contributed by atoms with E-state index < -0.39 is 0 Å². The van der Waals surface area contributed by atoms with Crippen molar-refractivity contribution in [1.82, 2.24) is 15.0 Å². The first-order valence-corrected chi connectivity index (χ1v) is 8.72. The lowest BCUT2D eigenvalue weighted by Crippen LogP contribution is -2.07. The van der Waals surface area contributed by atoms with Crippen molar-refractivity contribution in [2.45, 2.75) is 13.3 Å². The molecule has 2 heterocycles. The summed E-state index contributed by atoms with van der Waals surface area (Å²) in [7, 11) is 1.68. The van der Waals surface area contributed by atoms with E-state index in [-0.39, 0.29) is 5.91 Å². The average Bonchev–Trinajstić information content (AvgIpc) is 2.99. The Kier molecular flexibility index (Phi) is 5.52. The Morgan fingerprint density at radius 2 is 2.16 bits per heavy atom. The number of thiazole rings is 1. The summed E-state index contributed by atoms with van der Waals surface area (Å²) < 4.78 is 6.02. The Balaban J connectivity index is 1.79. The molecule has 3 aromatic rings. The molecule has 0 aliphatic heterocycles. The number of fused-ring (bicyclic) bond motifs is 1. The first kappa shape index (κ1) is 17.2. The minimum Gasteiger partial charge on any atom is -0.385 e. The predicted molar refractivity (Wildman–Crippen MR) is 99.9 cm³/mol. The number of nitrogens with zero attached hydrogens (tertiary/aromatic N) is 3. The third-order valence-corrected chi connectivity index (χ3v) is 4.36. The summed E-state index contributed by atoms with van der Waals surface area (Å²) in [5.74, 6) is 0.469. The van der Waals surface area contributed by atoms with Crippen molar-refractivity contribution >= 4 is 38.5 Å². The van der Waals surface area contributed by atoms with Crippen LogP contribution in [-0.4, -0.2) is 41.1 Å². The van der Waals surface area contributed by atoms with Crippen molar-refractivity contribution < 1.29 is 9.53 Å². The monoisotopic (exact) mass is 357 g/mol. The lowest BCUT2D eigenvalue weighted by Gasteiger charge is -2.06. The molecule has 7 nitrogen and oxygen atoms in total. The number of amides is 1. The Morgan fingerprint density at radius 3 is 2.96 bits per heavy atom. The van der Waals surface area contributed by atoms with Crippen molar-refractivity contribution in [2.75, 3.05) is 30.9 Å². The molecule has 2 N–H and O–H groups in total. The van der Waals surface area contributed by atoms with Crippen LogP contribution in [0.15, 0.2) is 30.5 Å². The fraction of sp³-hybridized carbons (Fsp3) is 0.294. The minimum atomic E-state index is -0.126. The Morgan fingerprint density at radius 1 is 1.28 bits per heavy atom. The van der Waals surface area contributed by atoms with Crippen molar-refractivity contribution in [3.05, 3.63) is 30.5 Å². The van der Waals surface area contributed by atoms with Gasteiger partial charge in [-0.2, -0.15) is 0 Å². The van der Waals surface area contributed by atoms with Gasteiger partial charge in [-0.1, -0.05) is 17.4 Å². The first-order valence-electron chi connectivity index (χ1n) is 7.90. The second kappa shape index (κ2) is 8.00.